The van der Waals surface area contributed by atoms with E-state index in [-0.39, 0.29) is 17.1 Å². The van der Waals surface area contributed by atoms with E-state index in [1.165, 1.54) is 0 Å². The van der Waals surface area contributed by atoms with Gasteiger partial charge in [0.15, 0.2) is 0 Å². The largest absolute Gasteiger partial charge is 0.481 e. The molecule has 0 heterocycles. The van der Waals surface area contributed by atoms with Gasteiger partial charge in [0, 0.05) is 17.7 Å². The van der Waals surface area contributed by atoms with E-state index >= 15 is 0 Å². The van der Waals surface area contributed by atoms with Crippen LogP contribution in [-0.4, -0.2) is 34.5 Å². The SMILES string of the molecule is CSC(C)(C)CNC(=O)CC1(C(=O)O)CCCCCC1. The summed E-state index contributed by atoms with van der Waals surface area (Å²) in [4.78, 5) is 23.7. The molecule has 1 amide bonds. The number of carboxylic acids is 1. The first-order chi connectivity index (χ1) is 9.31. The fraction of sp³-hybridized carbons (Fsp3) is 0.867. The minimum atomic E-state index is -0.843. The molecule has 1 aliphatic carbocycles. The second-order valence-corrected chi connectivity index (χ2v) is 7.93. The van der Waals surface area contributed by atoms with Gasteiger partial charge < -0.3 is 10.4 Å². The number of hydrogen-bond donors (Lipinski definition) is 2. The molecule has 1 fully saturated rings. The Balaban J connectivity index is 2.61. The lowest BCUT2D eigenvalue weighted by Crippen LogP contribution is -2.41. The molecule has 20 heavy (non-hydrogen) atoms. The molecule has 2 N–H and O–H groups in total. The van der Waals surface area contributed by atoms with E-state index in [0.717, 1.165) is 25.7 Å². The van der Waals surface area contributed by atoms with Crippen LogP contribution in [-0.2, 0) is 9.59 Å². The number of thioether (sulfide) groups is 1. The monoisotopic (exact) mass is 301 g/mol. The predicted octanol–water partition coefficient (Wildman–Crippen LogP) is 3.06. The Labute approximate surface area is 126 Å². The van der Waals surface area contributed by atoms with Crippen molar-refractivity contribution in [3.8, 4) is 0 Å². The van der Waals surface area contributed by atoms with Crippen LogP contribution in [0.3, 0.4) is 0 Å². The highest BCUT2D eigenvalue weighted by Gasteiger charge is 2.40. The number of rotatable bonds is 6. The van der Waals surface area contributed by atoms with E-state index in [1.807, 2.05) is 6.26 Å². The molecule has 0 unspecified atom stereocenters. The molecule has 0 spiro atoms. The maximum Gasteiger partial charge on any atom is 0.310 e. The molecule has 0 bridgehead atoms. The van der Waals surface area contributed by atoms with Gasteiger partial charge in [-0.2, -0.15) is 11.8 Å². The number of hydrogen-bond acceptors (Lipinski definition) is 3. The Kier molecular flexibility index (Phi) is 6.37. The average Bonchev–Trinajstić information content (AvgIpc) is 2.63. The average molecular weight is 301 g/mol. The van der Waals surface area contributed by atoms with Crippen LogP contribution < -0.4 is 5.32 Å². The van der Waals surface area contributed by atoms with Crippen LogP contribution in [0.5, 0.6) is 0 Å². The zero-order chi connectivity index (χ0) is 15.2. The Morgan fingerprint density at radius 3 is 2.20 bits per heavy atom. The Morgan fingerprint density at radius 2 is 1.75 bits per heavy atom. The maximum atomic E-state index is 12.1. The summed E-state index contributed by atoms with van der Waals surface area (Å²) in [5, 5.41) is 12.5. The molecule has 1 saturated carbocycles. The van der Waals surface area contributed by atoms with Gasteiger partial charge in [-0.25, -0.2) is 0 Å². The Morgan fingerprint density at radius 1 is 1.20 bits per heavy atom. The Bertz CT molecular complexity index is 347. The molecule has 0 saturated heterocycles. The van der Waals surface area contributed by atoms with Gasteiger partial charge in [-0.3, -0.25) is 9.59 Å². The number of amides is 1. The van der Waals surface area contributed by atoms with Crippen molar-refractivity contribution in [1.29, 1.82) is 0 Å². The predicted molar refractivity (Wildman–Crippen MR) is 83.0 cm³/mol. The van der Waals surface area contributed by atoms with Crippen molar-refractivity contribution in [2.75, 3.05) is 12.8 Å². The summed E-state index contributed by atoms with van der Waals surface area (Å²) in [6.07, 6.45) is 7.37. The molecule has 0 aromatic rings. The second-order valence-electron chi connectivity index (χ2n) is 6.42. The molecular formula is C15H27NO3S. The summed E-state index contributed by atoms with van der Waals surface area (Å²) in [6.45, 7) is 4.70. The van der Waals surface area contributed by atoms with Crippen LogP contribution in [0.4, 0.5) is 0 Å². The lowest BCUT2D eigenvalue weighted by molar-refractivity contribution is -0.152. The first-order valence-corrected chi connectivity index (χ1v) is 8.59. The topological polar surface area (TPSA) is 66.4 Å². The standard InChI is InChI=1S/C15H27NO3S/c1-14(2,20-3)11-16-12(17)10-15(13(18)19)8-6-4-5-7-9-15/h4-11H2,1-3H3,(H,16,17)(H,18,19). The van der Waals surface area contributed by atoms with Crippen molar-refractivity contribution in [3.63, 3.8) is 0 Å². The smallest absolute Gasteiger partial charge is 0.310 e. The third-order valence-electron chi connectivity index (χ3n) is 4.28. The first kappa shape index (κ1) is 17.3. The fourth-order valence-corrected chi connectivity index (χ4v) is 2.84. The van der Waals surface area contributed by atoms with Crippen molar-refractivity contribution in [2.45, 2.75) is 63.5 Å². The highest BCUT2D eigenvalue weighted by Crippen LogP contribution is 2.38. The van der Waals surface area contributed by atoms with Gasteiger partial charge in [0.05, 0.1) is 5.41 Å². The van der Waals surface area contributed by atoms with Crippen LogP contribution >= 0.6 is 11.8 Å². The van der Waals surface area contributed by atoms with Gasteiger partial charge in [-0.05, 0) is 32.9 Å². The number of carboxylic acid groups (broad SMARTS) is 1. The third-order valence-corrected chi connectivity index (χ3v) is 5.53. The van der Waals surface area contributed by atoms with Gasteiger partial charge in [0.25, 0.3) is 0 Å². The molecule has 0 aromatic heterocycles. The van der Waals surface area contributed by atoms with Crippen molar-refractivity contribution in [2.24, 2.45) is 5.41 Å². The molecule has 4 nitrogen and oxygen atoms in total. The first-order valence-electron chi connectivity index (χ1n) is 7.37. The second kappa shape index (κ2) is 7.34. The summed E-state index contributed by atoms with van der Waals surface area (Å²) in [5.74, 6) is -0.935. The maximum absolute atomic E-state index is 12.1. The van der Waals surface area contributed by atoms with E-state index in [0.29, 0.717) is 19.4 Å². The lowest BCUT2D eigenvalue weighted by atomic mass is 9.77. The van der Waals surface area contributed by atoms with Crippen LogP contribution in [0.15, 0.2) is 0 Å². The fourth-order valence-electron chi connectivity index (χ4n) is 2.63. The van der Waals surface area contributed by atoms with Crippen molar-refractivity contribution in [1.82, 2.24) is 5.32 Å². The van der Waals surface area contributed by atoms with Gasteiger partial charge in [-0.15, -0.1) is 0 Å². The van der Waals surface area contributed by atoms with E-state index < -0.39 is 11.4 Å². The van der Waals surface area contributed by atoms with Crippen molar-refractivity contribution in [3.05, 3.63) is 0 Å². The summed E-state index contributed by atoms with van der Waals surface area (Å²) in [5.41, 5.74) is -0.843. The molecule has 0 aliphatic heterocycles. The van der Waals surface area contributed by atoms with Gasteiger partial charge in [-0.1, -0.05) is 25.7 Å². The van der Waals surface area contributed by atoms with Gasteiger partial charge in [0.2, 0.25) is 5.91 Å². The highest BCUT2D eigenvalue weighted by atomic mass is 32.2. The molecule has 0 radical (unpaired) electrons. The summed E-state index contributed by atoms with van der Waals surface area (Å²) in [6, 6.07) is 0. The van der Waals surface area contributed by atoms with Crippen LogP contribution in [0, 0.1) is 5.41 Å². The minimum absolute atomic E-state index is 0.0184. The molecule has 0 aromatic carbocycles. The van der Waals surface area contributed by atoms with Crippen molar-refractivity contribution >= 4 is 23.6 Å². The summed E-state index contributed by atoms with van der Waals surface area (Å²) >= 11 is 1.69. The van der Waals surface area contributed by atoms with Crippen LogP contribution in [0.1, 0.15) is 58.8 Å². The molecule has 0 atom stereocenters. The molecular weight excluding hydrogens is 274 g/mol. The normalized spacial score (nSPS) is 19.1. The van der Waals surface area contributed by atoms with Crippen LogP contribution in [0.2, 0.25) is 0 Å². The molecule has 5 heteroatoms. The molecule has 1 aliphatic rings. The third kappa shape index (κ3) is 5.00. The quantitative estimate of drug-likeness (QED) is 0.740. The van der Waals surface area contributed by atoms with Gasteiger partial charge in [0.1, 0.15) is 0 Å². The lowest BCUT2D eigenvalue weighted by Gasteiger charge is -2.28. The van der Waals surface area contributed by atoms with E-state index in [2.05, 4.69) is 19.2 Å². The number of nitrogens with one attached hydrogen (secondary N) is 1. The zero-order valence-electron chi connectivity index (χ0n) is 12.8. The molecule has 1 rings (SSSR count). The highest BCUT2D eigenvalue weighted by molar-refractivity contribution is 7.99. The number of carbonyl (C=O) groups excluding carboxylic acids is 1. The number of aliphatic carboxylic acids is 1. The molecule has 116 valence electrons. The summed E-state index contributed by atoms with van der Waals surface area (Å²) < 4.78 is -0.0184. The van der Waals surface area contributed by atoms with Gasteiger partial charge >= 0.3 is 5.97 Å². The van der Waals surface area contributed by atoms with E-state index in [1.54, 1.807) is 11.8 Å². The summed E-state index contributed by atoms with van der Waals surface area (Å²) in [7, 11) is 0. The Hall–Kier alpha value is -0.710. The zero-order valence-corrected chi connectivity index (χ0v) is 13.6. The van der Waals surface area contributed by atoms with E-state index in [9.17, 15) is 14.7 Å². The van der Waals surface area contributed by atoms with E-state index in [4.69, 9.17) is 0 Å². The van der Waals surface area contributed by atoms with Crippen molar-refractivity contribution < 1.29 is 14.7 Å². The van der Waals surface area contributed by atoms with Crippen LogP contribution in [0.25, 0.3) is 0 Å². The number of carbonyl (C=O) groups is 2. The minimum Gasteiger partial charge on any atom is -0.481 e.